The molecule has 17 heavy (non-hydrogen) atoms. The van der Waals surface area contributed by atoms with Gasteiger partial charge in [0.1, 0.15) is 0 Å². The van der Waals surface area contributed by atoms with Gasteiger partial charge in [0, 0.05) is 43.9 Å². The molecule has 0 aliphatic carbocycles. The molecular weight excluding hydrogens is 370 g/mol. The molecule has 6 heteroatoms. The number of amides is 1. The molecule has 0 heterocycles. The molecule has 1 aromatic rings. The van der Waals surface area contributed by atoms with Crippen LogP contribution in [0, 0.1) is 0 Å². The maximum absolute atomic E-state index is 11.8. The summed E-state index contributed by atoms with van der Waals surface area (Å²) in [6.45, 7) is 0.544. The van der Waals surface area contributed by atoms with Crippen molar-refractivity contribution in [1.82, 2.24) is 5.32 Å². The van der Waals surface area contributed by atoms with Crippen LogP contribution in [0.25, 0.3) is 0 Å². The van der Waals surface area contributed by atoms with Crippen LogP contribution in [0.2, 0.25) is 0 Å². The molecule has 1 rings (SSSR count). The molecule has 0 saturated carbocycles. The highest BCUT2D eigenvalue weighted by Crippen LogP contribution is 2.19. The lowest BCUT2D eigenvalue weighted by molar-refractivity contribution is 0.0953. The van der Waals surface area contributed by atoms with Crippen LogP contribution in [0.1, 0.15) is 16.8 Å². The smallest absolute Gasteiger partial charge is 0.251 e. The Balaban J connectivity index is 2.49. The van der Waals surface area contributed by atoms with E-state index in [-0.39, 0.29) is 5.91 Å². The van der Waals surface area contributed by atoms with Gasteiger partial charge in [-0.25, -0.2) is 0 Å². The number of carbonyl (C=O) groups excluding carboxylic acids is 1. The summed E-state index contributed by atoms with van der Waals surface area (Å²) in [6.07, 6.45) is 2.39. The first kappa shape index (κ1) is 14.9. The van der Waals surface area contributed by atoms with E-state index in [2.05, 4.69) is 37.2 Å². The molecule has 94 valence electrons. The van der Waals surface area contributed by atoms with E-state index in [9.17, 15) is 9.00 Å². The third-order valence-electron chi connectivity index (χ3n) is 2.02. The van der Waals surface area contributed by atoms with E-state index >= 15 is 0 Å². The highest BCUT2D eigenvalue weighted by atomic mass is 79.9. The van der Waals surface area contributed by atoms with Gasteiger partial charge in [-0.1, -0.05) is 31.9 Å². The van der Waals surface area contributed by atoms with E-state index in [4.69, 9.17) is 0 Å². The molecular formula is C11H13Br2NO2S. The van der Waals surface area contributed by atoms with Gasteiger partial charge in [0.25, 0.3) is 5.91 Å². The largest absolute Gasteiger partial charge is 0.352 e. The number of benzene rings is 1. The zero-order valence-electron chi connectivity index (χ0n) is 9.33. The first-order valence-corrected chi connectivity index (χ1v) is 8.34. The minimum Gasteiger partial charge on any atom is -0.352 e. The maximum atomic E-state index is 11.8. The van der Waals surface area contributed by atoms with Crippen LogP contribution >= 0.6 is 31.9 Å². The van der Waals surface area contributed by atoms with Gasteiger partial charge in [0.15, 0.2) is 0 Å². The standard InChI is InChI=1S/C11H13Br2NO2S/c1-17(16)4-2-3-14-11(15)8-5-9(12)7-10(13)6-8/h5-7H,2-4H2,1H3,(H,14,15). The summed E-state index contributed by atoms with van der Waals surface area (Å²) in [7, 11) is -0.798. The van der Waals surface area contributed by atoms with E-state index in [1.807, 2.05) is 6.07 Å². The first-order chi connectivity index (χ1) is 7.99. The summed E-state index contributed by atoms with van der Waals surface area (Å²) >= 11 is 6.66. The predicted octanol–water partition coefficient (Wildman–Crippen LogP) is 2.71. The van der Waals surface area contributed by atoms with E-state index in [0.717, 1.165) is 15.4 Å². The van der Waals surface area contributed by atoms with Crippen molar-refractivity contribution in [3.63, 3.8) is 0 Å². The third kappa shape index (κ3) is 5.79. The van der Waals surface area contributed by atoms with Crippen molar-refractivity contribution in [2.45, 2.75) is 6.42 Å². The minimum absolute atomic E-state index is 0.117. The summed E-state index contributed by atoms with van der Waals surface area (Å²) in [6, 6.07) is 5.40. The molecule has 0 radical (unpaired) electrons. The number of hydrogen-bond donors (Lipinski definition) is 1. The monoisotopic (exact) mass is 381 g/mol. The summed E-state index contributed by atoms with van der Waals surface area (Å²) < 4.78 is 12.5. The van der Waals surface area contributed by atoms with Crippen molar-refractivity contribution in [2.75, 3.05) is 18.6 Å². The lowest BCUT2D eigenvalue weighted by atomic mass is 10.2. The average Bonchev–Trinajstić information content (AvgIpc) is 2.22. The van der Waals surface area contributed by atoms with Crippen molar-refractivity contribution >= 4 is 48.6 Å². The molecule has 1 unspecified atom stereocenters. The van der Waals surface area contributed by atoms with Crippen LogP contribution < -0.4 is 5.32 Å². The Morgan fingerprint density at radius 1 is 1.29 bits per heavy atom. The Bertz CT molecular complexity index is 417. The highest BCUT2D eigenvalue weighted by Gasteiger charge is 2.06. The Morgan fingerprint density at radius 3 is 2.41 bits per heavy atom. The molecule has 0 spiro atoms. The lowest BCUT2D eigenvalue weighted by Gasteiger charge is -2.05. The summed E-state index contributed by atoms with van der Waals surface area (Å²) in [5.74, 6) is 0.497. The van der Waals surface area contributed by atoms with Crippen molar-refractivity contribution in [3.8, 4) is 0 Å². The molecule has 1 N–H and O–H groups in total. The van der Waals surface area contributed by atoms with Gasteiger partial charge >= 0.3 is 0 Å². The van der Waals surface area contributed by atoms with Gasteiger partial charge in [0.05, 0.1) is 0 Å². The normalized spacial score (nSPS) is 12.2. The van der Waals surface area contributed by atoms with Crippen molar-refractivity contribution in [1.29, 1.82) is 0 Å². The van der Waals surface area contributed by atoms with Crippen molar-refractivity contribution < 1.29 is 9.00 Å². The number of halogens is 2. The van der Waals surface area contributed by atoms with Gasteiger partial charge in [0.2, 0.25) is 0 Å². The first-order valence-electron chi connectivity index (χ1n) is 5.03. The fraction of sp³-hybridized carbons (Fsp3) is 0.364. The van der Waals surface area contributed by atoms with Gasteiger partial charge < -0.3 is 5.32 Å². The van der Waals surface area contributed by atoms with Gasteiger partial charge in [-0.15, -0.1) is 0 Å². The zero-order valence-corrected chi connectivity index (χ0v) is 13.3. The Labute approximate surface area is 120 Å². The summed E-state index contributed by atoms with van der Waals surface area (Å²) in [5.41, 5.74) is 0.601. The van der Waals surface area contributed by atoms with Gasteiger partial charge in [-0.2, -0.15) is 0 Å². The Hall–Kier alpha value is -0.200. The van der Waals surface area contributed by atoms with Gasteiger partial charge in [-0.3, -0.25) is 9.00 Å². The molecule has 1 aromatic carbocycles. The second-order valence-electron chi connectivity index (χ2n) is 3.54. The topological polar surface area (TPSA) is 46.2 Å². The van der Waals surface area contributed by atoms with E-state index < -0.39 is 10.8 Å². The van der Waals surface area contributed by atoms with Crippen LogP contribution in [0.3, 0.4) is 0 Å². The Kier molecular flexibility index (Phi) is 6.37. The van der Waals surface area contributed by atoms with Crippen molar-refractivity contribution in [3.05, 3.63) is 32.7 Å². The molecule has 0 bridgehead atoms. The Morgan fingerprint density at radius 2 is 1.88 bits per heavy atom. The molecule has 0 aromatic heterocycles. The van der Waals surface area contributed by atoms with Crippen LogP contribution in [-0.2, 0) is 10.8 Å². The second-order valence-corrected chi connectivity index (χ2v) is 6.93. The fourth-order valence-corrected chi connectivity index (χ4v) is 3.11. The summed E-state index contributed by atoms with van der Waals surface area (Å²) in [4.78, 5) is 11.8. The number of hydrogen-bond acceptors (Lipinski definition) is 2. The summed E-state index contributed by atoms with van der Waals surface area (Å²) in [5, 5.41) is 2.79. The third-order valence-corrected chi connectivity index (χ3v) is 3.80. The number of rotatable bonds is 5. The zero-order chi connectivity index (χ0) is 12.8. The predicted molar refractivity (Wildman–Crippen MR) is 77.7 cm³/mol. The van der Waals surface area contributed by atoms with E-state index in [1.54, 1.807) is 18.4 Å². The molecule has 0 aliphatic heterocycles. The second kappa shape index (κ2) is 7.28. The molecule has 1 amide bonds. The molecule has 0 aliphatic rings. The average molecular weight is 383 g/mol. The van der Waals surface area contributed by atoms with Crippen LogP contribution in [-0.4, -0.2) is 28.7 Å². The van der Waals surface area contributed by atoms with Crippen LogP contribution in [0.5, 0.6) is 0 Å². The van der Waals surface area contributed by atoms with Crippen LogP contribution in [0.4, 0.5) is 0 Å². The van der Waals surface area contributed by atoms with Crippen LogP contribution in [0.15, 0.2) is 27.1 Å². The molecule has 0 fully saturated rings. The SMILES string of the molecule is CS(=O)CCCNC(=O)c1cc(Br)cc(Br)c1. The number of nitrogens with one attached hydrogen (secondary N) is 1. The van der Waals surface area contributed by atoms with E-state index in [1.165, 1.54) is 0 Å². The van der Waals surface area contributed by atoms with Crippen molar-refractivity contribution in [2.24, 2.45) is 0 Å². The quantitative estimate of drug-likeness (QED) is 0.795. The van der Waals surface area contributed by atoms with Gasteiger partial charge in [-0.05, 0) is 24.6 Å². The maximum Gasteiger partial charge on any atom is 0.251 e. The minimum atomic E-state index is -0.798. The fourth-order valence-electron chi connectivity index (χ4n) is 1.26. The molecule has 1 atom stereocenters. The molecule has 0 saturated heterocycles. The van der Waals surface area contributed by atoms with E-state index in [0.29, 0.717) is 17.9 Å². The molecule has 3 nitrogen and oxygen atoms in total. The number of carbonyl (C=O) groups is 1. The highest BCUT2D eigenvalue weighted by molar-refractivity contribution is 9.11. The lowest BCUT2D eigenvalue weighted by Crippen LogP contribution is -2.25.